The molecule has 1 aromatic carbocycles. The number of likely N-dealkylation sites (N-methyl/N-ethyl adjacent to an activating group) is 1. The van der Waals surface area contributed by atoms with Gasteiger partial charge in [-0.1, -0.05) is 12.1 Å². The summed E-state index contributed by atoms with van der Waals surface area (Å²) >= 11 is 0. The zero-order valence-corrected chi connectivity index (χ0v) is 14.0. The fourth-order valence-corrected chi connectivity index (χ4v) is 2.95. The van der Waals surface area contributed by atoms with Crippen molar-refractivity contribution in [2.75, 3.05) is 20.3 Å². The van der Waals surface area contributed by atoms with Gasteiger partial charge in [-0.3, -0.25) is 4.79 Å². The van der Waals surface area contributed by atoms with Crippen molar-refractivity contribution in [3.05, 3.63) is 47.5 Å². The van der Waals surface area contributed by atoms with E-state index in [2.05, 4.69) is 5.32 Å². The second kappa shape index (κ2) is 8.80. The van der Waals surface area contributed by atoms with E-state index in [1.54, 1.807) is 18.2 Å². The minimum absolute atomic E-state index is 0.0670. The van der Waals surface area contributed by atoms with Gasteiger partial charge in [0.25, 0.3) is 5.91 Å². The van der Waals surface area contributed by atoms with E-state index in [0.717, 1.165) is 5.56 Å². The predicted octanol–water partition coefficient (Wildman–Crippen LogP) is 2.32. The maximum atomic E-state index is 13.2. The van der Waals surface area contributed by atoms with Crippen LogP contribution in [-0.2, 0) is 14.3 Å². The summed E-state index contributed by atoms with van der Waals surface area (Å²) in [7, 11) is 1.53. The predicted molar refractivity (Wildman–Crippen MR) is 87.6 cm³/mol. The normalized spacial score (nSPS) is 23.3. The zero-order chi connectivity index (χ0) is 17.5. The molecule has 2 N–H and O–H groups in total. The van der Waals surface area contributed by atoms with Gasteiger partial charge in [-0.25, -0.2) is 4.39 Å². The number of carbonyl (C=O) groups is 1. The fraction of sp³-hybridized carbons (Fsp3) is 0.500. The first kappa shape index (κ1) is 18.4. The molecule has 1 aliphatic rings. The van der Waals surface area contributed by atoms with Crippen molar-refractivity contribution in [1.29, 1.82) is 0 Å². The molecule has 0 radical (unpaired) electrons. The molecule has 0 saturated heterocycles. The first-order valence-electron chi connectivity index (χ1n) is 8.19. The number of ether oxygens (including phenoxy) is 2. The molecule has 0 bridgehead atoms. The molecule has 0 fully saturated rings. The molecule has 3 atom stereocenters. The van der Waals surface area contributed by atoms with Crippen molar-refractivity contribution < 1.29 is 23.8 Å². The van der Waals surface area contributed by atoms with Gasteiger partial charge in [-0.15, -0.1) is 0 Å². The monoisotopic (exact) mass is 337 g/mol. The lowest BCUT2D eigenvalue weighted by molar-refractivity contribution is -0.166. The lowest BCUT2D eigenvalue weighted by Gasteiger charge is -2.37. The maximum absolute atomic E-state index is 13.2. The van der Waals surface area contributed by atoms with Crippen LogP contribution in [-0.4, -0.2) is 37.6 Å². The molecule has 2 rings (SSSR count). The standard InChI is InChI=1S/C18H24FNO4/c1-3-23-18-14(5-4-10-21)15(11-16(24-18)17(22)20-2)12-6-8-13(19)9-7-12/h6-9,11,14-15,18,21H,3-5,10H2,1-2H3,(H,20,22)/t14-,15-,18-/m1/s1. The lowest BCUT2D eigenvalue weighted by Crippen LogP contribution is -2.38. The highest BCUT2D eigenvalue weighted by Gasteiger charge is 2.37. The molecule has 1 heterocycles. The summed E-state index contributed by atoms with van der Waals surface area (Å²) in [4.78, 5) is 12.0. The smallest absolute Gasteiger partial charge is 0.285 e. The summed E-state index contributed by atoms with van der Waals surface area (Å²) in [5, 5.41) is 11.7. The number of hydrogen-bond acceptors (Lipinski definition) is 4. The van der Waals surface area contributed by atoms with Crippen LogP contribution in [0.1, 0.15) is 31.2 Å². The number of allylic oxidation sites excluding steroid dienone is 1. The first-order valence-corrected chi connectivity index (χ1v) is 8.19. The highest BCUT2D eigenvalue weighted by molar-refractivity contribution is 5.91. The second-order valence-electron chi connectivity index (χ2n) is 5.66. The van der Waals surface area contributed by atoms with Crippen LogP contribution in [0, 0.1) is 11.7 Å². The van der Waals surface area contributed by atoms with Gasteiger partial charge in [0.05, 0.1) is 0 Å². The number of hydrogen-bond donors (Lipinski definition) is 2. The molecule has 24 heavy (non-hydrogen) atoms. The Morgan fingerprint density at radius 2 is 2.08 bits per heavy atom. The molecule has 1 aliphatic heterocycles. The summed E-state index contributed by atoms with van der Waals surface area (Å²) in [6.45, 7) is 2.37. The molecule has 0 aliphatic carbocycles. The lowest BCUT2D eigenvalue weighted by atomic mass is 9.80. The third-order valence-electron chi connectivity index (χ3n) is 4.12. The highest BCUT2D eigenvalue weighted by Crippen LogP contribution is 2.39. The number of nitrogens with one attached hydrogen (secondary N) is 1. The number of amides is 1. The van der Waals surface area contributed by atoms with Gasteiger partial charge in [-0.05, 0) is 43.5 Å². The third kappa shape index (κ3) is 4.33. The van der Waals surface area contributed by atoms with Crippen LogP contribution in [0.5, 0.6) is 0 Å². The first-order chi connectivity index (χ1) is 11.6. The summed E-state index contributed by atoms with van der Waals surface area (Å²) < 4.78 is 24.7. The molecule has 0 aromatic heterocycles. The van der Waals surface area contributed by atoms with E-state index < -0.39 is 6.29 Å². The SMILES string of the molecule is CCO[C@@H]1OC(C(=O)NC)=C[C@H](c2ccc(F)cc2)[C@H]1CCCO. The number of benzene rings is 1. The number of aliphatic hydroxyl groups is 1. The van der Waals surface area contributed by atoms with Crippen molar-refractivity contribution in [2.45, 2.75) is 32.0 Å². The average molecular weight is 337 g/mol. The summed E-state index contributed by atoms with van der Waals surface area (Å²) in [6.07, 6.45) is 2.43. The van der Waals surface area contributed by atoms with Crippen LogP contribution >= 0.6 is 0 Å². The Morgan fingerprint density at radius 1 is 1.38 bits per heavy atom. The summed E-state index contributed by atoms with van der Waals surface area (Å²) in [6, 6.07) is 6.21. The van der Waals surface area contributed by atoms with Gasteiger partial charge in [-0.2, -0.15) is 0 Å². The van der Waals surface area contributed by atoms with Crippen molar-refractivity contribution in [3.8, 4) is 0 Å². The Balaban J connectivity index is 2.39. The van der Waals surface area contributed by atoms with Crippen molar-refractivity contribution in [3.63, 3.8) is 0 Å². The molecule has 0 spiro atoms. The van der Waals surface area contributed by atoms with Crippen molar-refractivity contribution >= 4 is 5.91 Å². The molecule has 6 heteroatoms. The van der Waals surface area contributed by atoms with E-state index in [4.69, 9.17) is 9.47 Å². The van der Waals surface area contributed by atoms with Gasteiger partial charge in [0.1, 0.15) is 5.82 Å². The van der Waals surface area contributed by atoms with E-state index in [1.165, 1.54) is 19.2 Å². The van der Waals surface area contributed by atoms with Crippen LogP contribution in [0.3, 0.4) is 0 Å². The molecule has 0 unspecified atom stereocenters. The van der Waals surface area contributed by atoms with Crippen LogP contribution in [0.4, 0.5) is 4.39 Å². The Labute approximate surface area is 141 Å². The Kier molecular flexibility index (Phi) is 6.75. The third-order valence-corrected chi connectivity index (χ3v) is 4.12. The second-order valence-corrected chi connectivity index (χ2v) is 5.66. The van der Waals surface area contributed by atoms with Gasteiger partial charge in [0, 0.05) is 32.1 Å². The molecular weight excluding hydrogens is 313 g/mol. The van der Waals surface area contributed by atoms with E-state index in [1.807, 2.05) is 6.92 Å². The van der Waals surface area contributed by atoms with Crippen LogP contribution in [0.25, 0.3) is 0 Å². The average Bonchev–Trinajstić information content (AvgIpc) is 2.60. The topological polar surface area (TPSA) is 67.8 Å². The minimum atomic E-state index is -0.589. The van der Waals surface area contributed by atoms with Gasteiger partial charge < -0.3 is 19.9 Å². The van der Waals surface area contributed by atoms with Crippen molar-refractivity contribution in [1.82, 2.24) is 5.32 Å². The largest absolute Gasteiger partial charge is 0.459 e. The van der Waals surface area contributed by atoms with E-state index >= 15 is 0 Å². The molecular formula is C18H24FNO4. The summed E-state index contributed by atoms with van der Waals surface area (Å²) in [5.41, 5.74) is 0.883. The van der Waals surface area contributed by atoms with Gasteiger partial charge in [0.15, 0.2) is 5.76 Å². The number of halogens is 1. The zero-order valence-electron chi connectivity index (χ0n) is 14.0. The molecule has 1 aromatic rings. The quantitative estimate of drug-likeness (QED) is 0.801. The Hall–Kier alpha value is -1.92. The van der Waals surface area contributed by atoms with Crippen molar-refractivity contribution in [2.24, 2.45) is 5.92 Å². The van der Waals surface area contributed by atoms with Gasteiger partial charge >= 0.3 is 0 Å². The van der Waals surface area contributed by atoms with Gasteiger partial charge in [0.2, 0.25) is 6.29 Å². The fourth-order valence-electron chi connectivity index (χ4n) is 2.95. The molecule has 5 nitrogen and oxygen atoms in total. The molecule has 132 valence electrons. The van der Waals surface area contributed by atoms with Crippen LogP contribution in [0.15, 0.2) is 36.1 Å². The number of rotatable bonds is 7. The van der Waals surface area contributed by atoms with E-state index in [0.29, 0.717) is 19.4 Å². The molecule has 1 amide bonds. The molecule has 0 saturated carbocycles. The number of aliphatic hydroxyl groups excluding tert-OH is 1. The summed E-state index contributed by atoms with van der Waals surface area (Å²) in [5.74, 6) is -0.668. The Bertz CT molecular complexity index is 573. The Morgan fingerprint density at radius 3 is 2.67 bits per heavy atom. The van der Waals surface area contributed by atoms with Crippen LogP contribution in [0.2, 0.25) is 0 Å². The minimum Gasteiger partial charge on any atom is -0.459 e. The highest BCUT2D eigenvalue weighted by atomic mass is 19.1. The maximum Gasteiger partial charge on any atom is 0.285 e. The van der Waals surface area contributed by atoms with E-state index in [9.17, 15) is 14.3 Å². The van der Waals surface area contributed by atoms with Crippen LogP contribution < -0.4 is 5.32 Å². The number of carbonyl (C=O) groups excluding carboxylic acids is 1. The van der Waals surface area contributed by atoms with E-state index in [-0.39, 0.29) is 35.9 Å².